The molecule has 3 saturated heterocycles. The van der Waals surface area contributed by atoms with Crippen LogP contribution in [0.1, 0.15) is 26.2 Å². The van der Waals surface area contributed by atoms with E-state index in [-0.39, 0.29) is 10.6 Å². The molecule has 3 aliphatic rings. The summed E-state index contributed by atoms with van der Waals surface area (Å²) in [6.07, 6.45) is 5.03. The normalized spacial score (nSPS) is 28.6. The van der Waals surface area contributed by atoms with E-state index in [1.165, 1.54) is 30.6 Å². The molecule has 3 fully saturated rings. The molecule has 0 spiro atoms. The molecule has 4 rings (SSSR count). The summed E-state index contributed by atoms with van der Waals surface area (Å²) in [6.45, 7) is 6.07. The van der Waals surface area contributed by atoms with Crippen molar-refractivity contribution in [2.24, 2.45) is 5.92 Å². The van der Waals surface area contributed by atoms with Gasteiger partial charge in [0.1, 0.15) is 5.02 Å². The predicted molar refractivity (Wildman–Crippen MR) is 80.4 cm³/mol. The third-order valence-corrected chi connectivity index (χ3v) is 4.78. The van der Waals surface area contributed by atoms with Gasteiger partial charge in [-0.3, -0.25) is 4.79 Å². The average molecular weight is 297 g/mol. The van der Waals surface area contributed by atoms with Crippen LogP contribution in [0.25, 0.3) is 0 Å². The van der Waals surface area contributed by atoms with Gasteiger partial charge in [0, 0.05) is 19.1 Å². The lowest BCUT2D eigenvalue weighted by Gasteiger charge is -2.45. The highest BCUT2D eigenvalue weighted by Crippen LogP contribution is 2.30. The number of hydrogen-bond donors (Lipinski definition) is 1. The lowest BCUT2D eigenvalue weighted by atomic mass is 9.84. The average Bonchev–Trinajstić information content (AvgIpc) is 2.48. The zero-order chi connectivity index (χ0) is 14.1. The highest BCUT2D eigenvalue weighted by Gasteiger charge is 2.34. The molecule has 1 N–H and O–H groups in total. The summed E-state index contributed by atoms with van der Waals surface area (Å²) in [5, 5.41) is 7.91. The van der Waals surface area contributed by atoms with Crippen LogP contribution in [0.2, 0.25) is 5.02 Å². The summed E-state index contributed by atoms with van der Waals surface area (Å²) in [4.78, 5) is 14.6. The van der Waals surface area contributed by atoms with E-state index in [0.717, 1.165) is 13.0 Å². The summed E-state index contributed by atoms with van der Waals surface area (Å²) >= 11 is 6.21. The van der Waals surface area contributed by atoms with Crippen molar-refractivity contribution in [1.29, 1.82) is 0 Å². The third kappa shape index (κ3) is 2.56. The molecule has 0 amide bonds. The minimum Gasteiger partial charge on any atom is -0.378 e. The van der Waals surface area contributed by atoms with E-state index in [1.54, 1.807) is 6.20 Å². The van der Waals surface area contributed by atoms with Crippen molar-refractivity contribution in [2.75, 3.05) is 25.0 Å². The van der Waals surface area contributed by atoms with E-state index in [2.05, 4.69) is 15.3 Å². The summed E-state index contributed by atoms with van der Waals surface area (Å²) in [7, 11) is 0. The third-order valence-electron chi connectivity index (χ3n) is 4.42. The van der Waals surface area contributed by atoms with Crippen molar-refractivity contribution in [3.05, 3.63) is 21.6 Å². The number of hydrogen-bond acceptors (Lipinski definition) is 4. The summed E-state index contributed by atoms with van der Waals surface area (Å²) < 4.78 is 1.43. The van der Waals surface area contributed by atoms with Crippen LogP contribution in [-0.4, -0.2) is 40.4 Å². The van der Waals surface area contributed by atoms with Crippen LogP contribution < -0.4 is 10.9 Å². The first-order valence-electron chi connectivity index (χ1n) is 7.43. The highest BCUT2D eigenvalue weighted by atomic mass is 35.5. The van der Waals surface area contributed by atoms with Gasteiger partial charge in [-0.15, -0.1) is 0 Å². The van der Waals surface area contributed by atoms with Gasteiger partial charge in [-0.05, 0) is 38.3 Å². The molecule has 3 aliphatic heterocycles. The highest BCUT2D eigenvalue weighted by molar-refractivity contribution is 6.32. The Morgan fingerprint density at radius 2 is 2.20 bits per heavy atom. The molecule has 5 nitrogen and oxygen atoms in total. The number of rotatable bonds is 4. The molecule has 0 aromatic carbocycles. The first-order valence-corrected chi connectivity index (χ1v) is 7.81. The largest absolute Gasteiger partial charge is 0.378 e. The Labute approximate surface area is 123 Å². The van der Waals surface area contributed by atoms with E-state index < -0.39 is 0 Å². The Balaban J connectivity index is 1.78. The van der Waals surface area contributed by atoms with Crippen LogP contribution >= 0.6 is 11.6 Å². The van der Waals surface area contributed by atoms with E-state index in [0.29, 0.717) is 24.2 Å². The SMILES string of the molecule is CCCn1ncc(NC2CN3CCC2CC3)c(Cl)c1=O. The van der Waals surface area contributed by atoms with Crippen LogP contribution in [0, 0.1) is 5.92 Å². The molecule has 0 radical (unpaired) electrons. The van der Waals surface area contributed by atoms with Crippen LogP contribution in [0.5, 0.6) is 0 Å². The molecule has 110 valence electrons. The Kier molecular flexibility index (Phi) is 3.98. The predicted octanol–water partition coefficient (Wildman–Crippen LogP) is 1.81. The second-order valence-corrected chi connectivity index (χ2v) is 6.17. The fraction of sp³-hybridized carbons (Fsp3) is 0.714. The molecule has 1 aromatic rings. The summed E-state index contributed by atoms with van der Waals surface area (Å²) in [6, 6.07) is 0.387. The number of aromatic nitrogens is 2. The number of fused-ring (bicyclic) bond motifs is 3. The zero-order valence-electron chi connectivity index (χ0n) is 11.8. The molecule has 1 atom stereocenters. The van der Waals surface area contributed by atoms with E-state index in [4.69, 9.17) is 11.6 Å². The summed E-state index contributed by atoms with van der Waals surface area (Å²) in [5.41, 5.74) is 0.488. The molecule has 0 saturated carbocycles. The lowest BCUT2D eigenvalue weighted by Crippen LogP contribution is -2.53. The van der Waals surface area contributed by atoms with Gasteiger partial charge in [-0.25, -0.2) is 4.68 Å². The first-order chi connectivity index (χ1) is 9.69. The number of nitrogens with zero attached hydrogens (tertiary/aromatic N) is 3. The fourth-order valence-electron chi connectivity index (χ4n) is 3.27. The number of anilines is 1. The Bertz CT molecular complexity index is 536. The van der Waals surface area contributed by atoms with Gasteiger partial charge in [0.05, 0.1) is 11.9 Å². The molecule has 1 aromatic heterocycles. The number of halogens is 1. The smallest absolute Gasteiger partial charge is 0.287 e. The van der Waals surface area contributed by atoms with Gasteiger partial charge in [0.2, 0.25) is 0 Å². The van der Waals surface area contributed by atoms with Crippen LogP contribution in [-0.2, 0) is 6.54 Å². The fourth-order valence-corrected chi connectivity index (χ4v) is 3.47. The molecular formula is C14H21ClN4O. The van der Waals surface area contributed by atoms with E-state index in [9.17, 15) is 4.79 Å². The number of aryl methyl sites for hydroxylation is 1. The standard InChI is InChI=1S/C14H21ClN4O/c1-2-5-19-14(20)13(15)11(8-16-19)17-12-9-18-6-3-10(12)4-7-18/h8,10,12,17H,2-7,9H2,1H3. The number of piperidine rings is 3. The molecule has 1 unspecified atom stereocenters. The number of nitrogens with one attached hydrogen (secondary N) is 1. The van der Waals surface area contributed by atoms with Crippen LogP contribution in [0.3, 0.4) is 0 Å². The van der Waals surface area contributed by atoms with Crippen LogP contribution in [0.15, 0.2) is 11.0 Å². The second-order valence-electron chi connectivity index (χ2n) is 5.79. The van der Waals surface area contributed by atoms with Gasteiger partial charge in [0.15, 0.2) is 0 Å². The van der Waals surface area contributed by atoms with E-state index >= 15 is 0 Å². The Morgan fingerprint density at radius 1 is 1.45 bits per heavy atom. The van der Waals surface area contributed by atoms with Gasteiger partial charge < -0.3 is 10.2 Å². The molecular weight excluding hydrogens is 276 g/mol. The maximum atomic E-state index is 12.1. The topological polar surface area (TPSA) is 50.2 Å². The van der Waals surface area contributed by atoms with Gasteiger partial charge in [-0.2, -0.15) is 5.10 Å². The lowest BCUT2D eigenvalue weighted by molar-refractivity contribution is 0.0975. The quantitative estimate of drug-likeness (QED) is 0.921. The molecule has 2 bridgehead atoms. The van der Waals surface area contributed by atoms with Gasteiger partial charge in [-0.1, -0.05) is 18.5 Å². The minimum atomic E-state index is -0.195. The van der Waals surface area contributed by atoms with Crippen molar-refractivity contribution >= 4 is 17.3 Å². The maximum absolute atomic E-state index is 12.1. The van der Waals surface area contributed by atoms with Crippen molar-refractivity contribution in [1.82, 2.24) is 14.7 Å². The Morgan fingerprint density at radius 3 is 2.80 bits per heavy atom. The van der Waals surface area contributed by atoms with Crippen LogP contribution in [0.4, 0.5) is 5.69 Å². The summed E-state index contributed by atoms with van der Waals surface area (Å²) in [5.74, 6) is 0.689. The zero-order valence-corrected chi connectivity index (χ0v) is 12.6. The van der Waals surface area contributed by atoms with Crippen molar-refractivity contribution in [2.45, 2.75) is 38.8 Å². The van der Waals surface area contributed by atoms with Crippen molar-refractivity contribution in [3.8, 4) is 0 Å². The second kappa shape index (κ2) is 5.74. The Hall–Kier alpha value is -1.07. The first kappa shape index (κ1) is 13.9. The van der Waals surface area contributed by atoms with Gasteiger partial charge >= 0.3 is 0 Å². The van der Waals surface area contributed by atoms with Crippen molar-refractivity contribution in [3.63, 3.8) is 0 Å². The van der Waals surface area contributed by atoms with Crippen molar-refractivity contribution < 1.29 is 0 Å². The molecule has 20 heavy (non-hydrogen) atoms. The molecule has 4 heterocycles. The van der Waals surface area contributed by atoms with E-state index in [1.807, 2.05) is 6.92 Å². The maximum Gasteiger partial charge on any atom is 0.287 e. The monoisotopic (exact) mass is 296 g/mol. The minimum absolute atomic E-state index is 0.195. The van der Waals surface area contributed by atoms with Gasteiger partial charge in [0.25, 0.3) is 5.56 Å². The molecule has 0 aliphatic carbocycles. The molecule has 6 heteroatoms.